The number of aliphatic hydroxyl groups excluding tert-OH is 3. The quantitative estimate of drug-likeness (QED) is 0.432. The molecule has 0 aromatic carbocycles. The topological polar surface area (TPSA) is 116 Å². The molecule has 1 heterocycles. The Morgan fingerprint density at radius 3 is 2.47 bits per heavy atom. The number of carboxylic acids is 1. The molecule has 1 aliphatic rings. The number of rotatable bonds is 3. The molecular formula is C8H14O7. The van der Waals surface area contributed by atoms with Crippen LogP contribution in [0.5, 0.6) is 0 Å². The standard InChI is InChI=1S/C8H14O7/c1-3-5(11)7(14-2-4(9)10)6(12)8(13)15-3/h3,5-8,11-13H,2H2,1H3,(H,9,10)/t3-,5+,6-,7+,8-/m0/s1. The molecule has 0 spiro atoms. The average molecular weight is 222 g/mol. The van der Waals surface area contributed by atoms with Crippen LogP contribution in [0.15, 0.2) is 0 Å². The summed E-state index contributed by atoms with van der Waals surface area (Å²) < 4.78 is 9.55. The van der Waals surface area contributed by atoms with Gasteiger partial charge in [0.25, 0.3) is 0 Å². The molecule has 1 saturated heterocycles. The van der Waals surface area contributed by atoms with Gasteiger partial charge >= 0.3 is 5.97 Å². The molecule has 0 aromatic rings. The molecule has 7 heteroatoms. The fraction of sp³-hybridized carbons (Fsp3) is 0.875. The molecule has 88 valence electrons. The Balaban J connectivity index is 2.60. The molecular weight excluding hydrogens is 208 g/mol. The van der Waals surface area contributed by atoms with Crippen LogP contribution in [0, 0.1) is 0 Å². The number of ether oxygens (including phenoxy) is 2. The molecule has 0 bridgehead atoms. The van der Waals surface area contributed by atoms with Gasteiger partial charge in [0.2, 0.25) is 0 Å². The first-order chi connectivity index (χ1) is 6.93. The SMILES string of the molecule is C[C@@H]1O[C@H](O)[C@@H](O)[C@H](OCC(=O)O)[C@@H]1O. The van der Waals surface area contributed by atoms with Gasteiger partial charge in [-0.15, -0.1) is 0 Å². The summed E-state index contributed by atoms with van der Waals surface area (Å²) >= 11 is 0. The Bertz CT molecular complexity index is 217. The molecule has 0 radical (unpaired) electrons. The molecule has 15 heavy (non-hydrogen) atoms. The van der Waals surface area contributed by atoms with E-state index in [0.717, 1.165) is 0 Å². The Morgan fingerprint density at radius 2 is 1.93 bits per heavy atom. The van der Waals surface area contributed by atoms with Crippen LogP contribution >= 0.6 is 0 Å². The van der Waals surface area contributed by atoms with Crippen molar-refractivity contribution in [2.45, 2.75) is 37.6 Å². The van der Waals surface area contributed by atoms with E-state index in [9.17, 15) is 20.1 Å². The Labute approximate surface area is 85.9 Å². The van der Waals surface area contributed by atoms with Gasteiger partial charge in [0, 0.05) is 0 Å². The summed E-state index contributed by atoms with van der Waals surface area (Å²) in [5, 5.41) is 36.5. The van der Waals surface area contributed by atoms with Gasteiger partial charge in [-0.3, -0.25) is 0 Å². The van der Waals surface area contributed by atoms with E-state index in [2.05, 4.69) is 0 Å². The van der Waals surface area contributed by atoms with Gasteiger partial charge in [-0.05, 0) is 6.92 Å². The smallest absolute Gasteiger partial charge is 0.329 e. The zero-order chi connectivity index (χ0) is 11.6. The summed E-state index contributed by atoms with van der Waals surface area (Å²) in [6.45, 7) is 0.828. The first-order valence-corrected chi connectivity index (χ1v) is 4.46. The van der Waals surface area contributed by atoms with E-state index < -0.39 is 43.3 Å². The maximum absolute atomic E-state index is 10.2. The number of hydrogen-bond acceptors (Lipinski definition) is 6. The lowest BCUT2D eigenvalue weighted by molar-refractivity contribution is -0.285. The number of hydrogen-bond donors (Lipinski definition) is 4. The zero-order valence-electron chi connectivity index (χ0n) is 8.11. The second kappa shape index (κ2) is 4.86. The van der Waals surface area contributed by atoms with Crippen molar-refractivity contribution in [1.82, 2.24) is 0 Å². The second-order valence-corrected chi connectivity index (χ2v) is 3.38. The van der Waals surface area contributed by atoms with Crippen molar-refractivity contribution in [2.24, 2.45) is 0 Å². The van der Waals surface area contributed by atoms with Crippen molar-refractivity contribution >= 4 is 5.97 Å². The minimum absolute atomic E-state index is 0.655. The fourth-order valence-corrected chi connectivity index (χ4v) is 1.38. The summed E-state index contributed by atoms with van der Waals surface area (Å²) in [4.78, 5) is 10.2. The Hall–Kier alpha value is -0.730. The number of aliphatic hydroxyl groups is 3. The Morgan fingerprint density at radius 1 is 1.33 bits per heavy atom. The minimum Gasteiger partial charge on any atom is -0.480 e. The van der Waals surface area contributed by atoms with Gasteiger partial charge in [-0.2, -0.15) is 0 Å². The highest BCUT2D eigenvalue weighted by Gasteiger charge is 2.42. The fourth-order valence-electron chi connectivity index (χ4n) is 1.38. The van der Waals surface area contributed by atoms with E-state index in [1.165, 1.54) is 6.92 Å². The summed E-state index contributed by atoms with van der Waals surface area (Å²) in [6, 6.07) is 0. The first-order valence-electron chi connectivity index (χ1n) is 4.46. The second-order valence-electron chi connectivity index (χ2n) is 3.38. The lowest BCUT2D eigenvalue weighted by Crippen LogP contribution is -2.57. The van der Waals surface area contributed by atoms with Gasteiger partial charge in [-0.1, -0.05) is 0 Å². The van der Waals surface area contributed by atoms with Crippen molar-refractivity contribution in [3.05, 3.63) is 0 Å². The third kappa shape index (κ3) is 2.86. The average Bonchev–Trinajstić information content (AvgIpc) is 2.14. The van der Waals surface area contributed by atoms with E-state index in [4.69, 9.17) is 14.6 Å². The monoisotopic (exact) mass is 222 g/mol. The molecule has 4 N–H and O–H groups in total. The molecule has 0 aromatic heterocycles. The van der Waals surface area contributed by atoms with Gasteiger partial charge < -0.3 is 29.9 Å². The van der Waals surface area contributed by atoms with Crippen LogP contribution in [0.2, 0.25) is 0 Å². The van der Waals surface area contributed by atoms with E-state index in [0.29, 0.717) is 0 Å². The molecule has 0 amide bonds. The van der Waals surface area contributed by atoms with E-state index in [1.807, 2.05) is 0 Å². The summed E-state index contributed by atoms with van der Waals surface area (Å²) in [5.41, 5.74) is 0. The van der Waals surface area contributed by atoms with Gasteiger partial charge in [0.15, 0.2) is 6.29 Å². The summed E-state index contributed by atoms with van der Waals surface area (Å²) in [6.07, 6.45) is -6.03. The maximum Gasteiger partial charge on any atom is 0.329 e. The lowest BCUT2D eigenvalue weighted by atomic mass is 10.00. The lowest BCUT2D eigenvalue weighted by Gasteiger charge is -2.38. The number of carboxylic acid groups (broad SMARTS) is 1. The van der Waals surface area contributed by atoms with E-state index >= 15 is 0 Å². The van der Waals surface area contributed by atoms with Crippen molar-refractivity contribution in [1.29, 1.82) is 0 Å². The molecule has 0 aliphatic carbocycles. The third-order valence-electron chi connectivity index (χ3n) is 2.20. The molecule has 0 saturated carbocycles. The van der Waals surface area contributed by atoms with Crippen LogP contribution in [0.3, 0.4) is 0 Å². The van der Waals surface area contributed by atoms with E-state index in [1.54, 1.807) is 0 Å². The van der Waals surface area contributed by atoms with Crippen LogP contribution in [-0.4, -0.2) is 63.7 Å². The number of carbonyl (C=O) groups is 1. The van der Waals surface area contributed by atoms with Gasteiger partial charge in [0.1, 0.15) is 24.9 Å². The van der Waals surface area contributed by atoms with Crippen LogP contribution in [-0.2, 0) is 14.3 Å². The first kappa shape index (κ1) is 12.3. The molecule has 7 nitrogen and oxygen atoms in total. The van der Waals surface area contributed by atoms with Gasteiger partial charge in [0.05, 0.1) is 6.10 Å². The molecule has 0 unspecified atom stereocenters. The summed E-state index contributed by atoms with van der Waals surface area (Å²) in [7, 11) is 0. The third-order valence-corrected chi connectivity index (χ3v) is 2.20. The van der Waals surface area contributed by atoms with Crippen molar-refractivity contribution < 1.29 is 34.7 Å². The highest BCUT2D eigenvalue weighted by molar-refractivity contribution is 5.68. The normalized spacial score (nSPS) is 41.5. The zero-order valence-corrected chi connectivity index (χ0v) is 8.11. The largest absolute Gasteiger partial charge is 0.480 e. The van der Waals surface area contributed by atoms with Crippen LogP contribution < -0.4 is 0 Å². The van der Waals surface area contributed by atoms with Crippen LogP contribution in [0.1, 0.15) is 6.92 Å². The highest BCUT2D eigenvalue weighted by atomic mass is 16.6. The van der Waals surface area contributed by atoms with Crippen LogP contribution in [0.25, 0.3) is 0 Å². The van der Waals surface area contributed by atoms with Crippen molar-refractivity contribution in [3.8, 4) is 0 Å². The van der Waals surface area contributed by atoms with Gasteiger partial charge in [-0.25, -0.2) is 4.79 Å². The van der Waals surface area contributed by atoms with Crippen molar-refractivity contribution in [3.63, 3.8) is 0 Å². The molecule has 1 rings (SSSR count). The van der Waals surface area contributed by atoms with E-state index in [-0.39, 0.29) is 0 Å². The summed E-state index contributed by atoms with van der Waals surface area (Å²) in [5.74, 6) is -1.22. The van der Waals surface area contributed by atoms with Crippen LogP contribution in [0.4, 0.5) is 0 Å². The van der Waals surface area contributed by atoms with Crippen molar-refractivity contribution in [2.75, 3.05) is 6.61 Å². The predicted octanol–water partition coefficient (Wildman–Crippen LogP) is -2.08. The Kier molecular flexibility index (Phi) is 4.00. The number of aliphatic carboxylic acids is 1. The minimum atomic E-state index is -1.48. The molecule has 5 atom stereocenters. The molecule has 1 fully saturated rings. The molecule has 1 aliphatic heterocycles. The maximum atomic E-state index is 10.2. The highest BCUT2D eigenvalue weighted by Crippen LogP contribution is 2.21. The predicted molar refractivity (Wildman–Crippen MR) is 45.9 cm³/mol.